The molecular formula is C15H23ClN2O. The van der Waals surface area contributed by atoms with E-state index in [1.54, 1.807) is 0 Å². The molecule has 0 spiro atoms. The van der Waals surface area contributed by atoms with E-state index in [-0.39, 0.29) is 24.4 Å². The number of carbonyl (C=O) groups excluding carboxylic acids is 1. The molecule has 1 heterocycles. The Morgan fingerprint density at radius 2 is 2.05 bits per heavy atom. The van der Waals surface area contributed by atoms with Gasteiger partial charge in [-0.1, -0.05) is 37.3 Å². The van der Waals surface area contributed by atoms with Gasteiger partial charge in [0.1, 0.15) is 0 Å². The van der Waals surface area contributed by atoms with Crippen LogP contribution in [0.15, 0.2) is 30.3 Å². The van der Waals surface area contributed by atoms with Crippen molar-refractivity contribution in [3.05, 3.63) is 35.9 Å². The van der Waals surface area contributed by atoms with Crippen molar-refractivity contribution < 1.29 is 4.79 Å². The Balaban J connectivity index is 0.00000180. The second-order valence-corrected chi connectivity index (χ2v) is 5.26. The van der Waals surface area contributed by atoms with Crippen molar-refractivity contribution in [2.75, 3.05) is 13.1 Å². The summed E-state index contributed by atoms with van der Waals surface area (Å²) in [5, 5.41) is 0. The highest BCUT2D eigenvalue weighted by atomic mass is 35.5. The SMILES string of the molecule is CC1CN(C(=O)CCc2ccccc2)CCC1N.Cl. The van der Waals surface area contributed by atoms with Crippen LogP contribution in [0.3, 0.4) is 0 Å². The molecule has 0 bridgehead atoms. The van der Waals surface area contributed by atoms with Crippen molar-refractivity contribution in [2.45, 2.75) is 32.2 Å². The van der Waals surface area contributed by atoms with Crippen LogP contribution in [-0.4, -0.2) is 29.9 Å². The van der Waals surface area contributed by atoms with E-state index in [0.717, 1.165) is 25.9 Å². The molecule has 1 aromatic carbocycles. The number of halogens is 1. The first-order valence-electron chi connectivity index (χ1n) is 6.74. The van der Waals surface area contributed by atoms with Gasteiger partial charge in [-0.05, 0) is 24.3 Å². The largest absolute Gasteiger partial charge is 0.342 e. The van der Waals surface area contributed by atoms with E-state index in [2.05, 4.69) is 19.1 Å². The number of amides is 1. The number of likely N-dealkylation sites (tertiary alicyclic amines) is 1. The van der Waals surface area contributed by atoms with Crippen LogP contribution in [0.2, 0.25) is 0 Å². The maximum Gasteiger partial charge on any atom is 0.222 e. The first-order valence-corrected chi connectivity index (χ1v) is 6.74. The standard InChI is InChI=1S/C15H22N2O.ClH/c1-12-11-17(10-9-14(12)16)15(18)8-7-13-5-3-2-4-6-13;/h2-6,12,14H,7-11,16H2,1H3;1H. The molecule has 1 aliphatic heterocycles. The van der Waals surface area contributed by atoms with Gasteiger partial charge >= 0.3 is 0 Å². The predicted molar refractivity (Wildman–Crippen MR) is 80.3 cm³/mol. The molecule has 4 heteroatoms. The summed E-state index contributed by atoms with van der Waals surface area (Å²) < 4.78 is 0. The molecule has 2 rings (SSSR count). The Kier molecular flexibility index (Phi) is 6.32. The van der Waals surface area contributed by atoms with E-state index in [1.165, 1.54) is 5.56 Å². The first kappa shape index (κ1) is 16.0. The zero-order chi connectivity index (χ0) is 13.0. The fraction of sp³-hybridized carbons (Fsp3) is 0.533. The molecule has 19 heavy (non-hydrogen) atoms. The number of nitrogens with two attached hydrogens (primary N) is 1. The van der Waals surface area contributed by atoms with Crippen LogP contribution in [0.5, 0.6) is 0 Å². The third-order valence-corrected chi connectivity index (χ3v) is 3.79. The first-order chi connectivity index (χ1) is 8.66. The smallest absolute Gasteiger partial charge is 0.222 e. The van der Waals surface area contributed by atoms with Gasteiger partial charge in [-0.3, -0.25) is 4.79 Å². The summed E-state index contributed by atoms with van der Waals surface area (Å²) in [7, 11) is 0. The minimum atomic E-state index is 0. The lowest BCUT2D eigenvalue weighted by molar-refractivity contribution is -0.133. The monoisotopic (exact) mass is 282 g/mol. The van der Waals surface area contributed by atoms with E-state index in [0.29, 0.717) is 12.3 Å². The summed E-state index contributed by atoms with van der Waals surface area (Å²) in [4.78, 5) is 14.1. The van der Waals surface area contributed by atoms with Gasteiger partial charge in [0, 0.05) is 25.6 Å². The zero-order valence-electron chi connectivity index (χ0n) is 11.4. The summed E-state index contributed by atoms with van der Waals surface area (Å²) >= 11 is 0. The van der Waals surface area contributed by atoms with Crippen molar-refractivity contribution in [3.8, 4) is 0 Å². The second kappa shape index (κ2) is 7.51. The average Bonchev–Trinajstić information content (AvgIpc) is 2.40. The highest BCUT2D eigenvalue weighted by Crippen LogP contribution is 2.16. The number of rotatable bonds is 3. The van der Waals surface area contributed by atoms with Gasteiger partial charge in [-0.15, -0.1) is 12.4 Å². The number of hydrogen-bond acceptors (Lipinski definition) is 2. The quantitative estimate of drug-likeness (QED) is 0.924. The Bertz CT molecular complexity index is 396. The molecule has 0 radical (unpaired) electrons. The summed E-state index contributed by atoms with van der Waals surface area (Å²) in [6.45, 7) is 3.76. The molecule has 0 saturated carbocycles. The summed E-state index contributed by atoms with van der Waals surface area (Å²) in [5.74, 6) is 0.678. The average molecular weight is 283 g/mol. The number of hydrogen-bond donors (Lipinski definition) is 1. The van der Waals surface area contributed by atoms with Crippen molar-refractivity contribution in [3.63, 3.8) is 0 Å². The van der Waals surface area contributed by atoms with Crippen LogP contribution in [-0.2, 0) is 11.2 Å². The van der Waals surface area contributed by atoms with Crippen LogP contribution in [0, 0.1) is 5.92 Å². The minimum Gasteiger partial charge on any atom is -0.342 e. The maximum atomic E-state index is 12.1. The van der Waals surface area contributed by atoms with Gasteiger partial charge in [0.2, 0.25) is 5.91 Å². The van der Waals surface area contributed by atoms with Gasteiger partial charge < -0.3 is 10.6 Å². The van der Waals surface area contributed by atoms with Gasteiger partial charge in [0.25, 0.3) is 0 Å². The van der Waals surface area contributed by atoms with E-state index >= 15 is 0 Å². The number of piperidine rings is 1. The number of nitrogens with zero attached hydrogens (tertiary/aromatic N) is 1. The maximum absolute atomic E-state index is 12.1. The molecule has 2 atom stereocenters. The lowest BCUT2D eigenvalue weighted by atomic mass is 9.94. The van der Waals surface area contributed by atoms with Crippen LogP contribution >= 0.6 is 12.4 Å². The van der Waals surface area contributed by atoms with Crippen LogP contribution in [0.1, 0.15) is 25.3 Å². The number of carbonyl (C=O) groups is 1. The molecule has 3 nitrogen and oxygen atoms in total. The van der Waals surface area contributed by atoms with Gasteiger partial charge in [-0.2, -0.15) is 0 Å². The lowest BCUT2D eigenvalue weighted by Crippen LogP contribution is -2.48. The number of aryl methyl sites for hydroxylation is 1. The Hall–Kier alpha value is -1.06. The Morgan fingerprint density at radius 1 is 1.37 bits per heavy atom. The highest BCUT2D eigenvalue weighted by molar-refractivity contribution is 5.85. The second-order valence-electron chi connectivity index (χ2n) is 5.26. The third-order valence-electron chi connectivity index (χ3n) is 3.79. The summed E-state index contributed by atoms with van der Waals surface area (Å²) in [5.41, 5.74) is 7.20. The van der Waals surface area contributed by atoms with E-state index < -0.39 is 0 Å². The lowest BCUT2D eigenvalue weighted by Gasteiger charge is -2.35. The van der Waals surface area contributed by atoms with Crippen molar-refractivity contribution >= 4 is 18.3 Å². The topological polar surface area (TPSA) is 46.3 Å². The van der Waals surface area contributed by atoms with Crippen LogP contribution in [0.4, 0.5) is 0 Å². The van der Waals surface area contributed by atoms with Crippen LogP contribution in [0.25, 0.3) is 0 Å². The highest BCUT2D eigenvalue weighted by Gasteiger charge is 2.25. The fourth-order valence-electron chi connectivity index (χ4n) is 2.44. The molecule has 1 amide bonds. The van der Waals surface area contributed by atoms with E-state index in [9.17, 15) is 4.79 Å². The Morgan fingerprint density at radius 3 is 2.68 bits per heavy atom. The Labute approximate surface area is 121 Å². The van der Waals surface area contributed by atoms with Gasteiger partial charge in [-0.25, -0.2) is 0 Å². The molecule has 2 unspecified atom stereocenters. The predicted octanol–water partition coefficient (Wildman–Crippen LogP) is 2.24. The molecule has 1 saturated heterocycles. The molecule has 1 aliphatic rings. The molecular weight excluding hydrogens is 260 g/mol. The summed E-state index contributed by atoms with van der Waals surface area (Å²) in [6, 6.07) is 10.4. The van der Waals surface area contributed by atoms with Gasteiger partial charge in [0.15, 0.2) is 0 Å². The van der Waals surface area contributed by atoms with Gasteiger partial charge in [0.05, 0.1) is 0 Å². The summed E-state index contributed by atoms with van der Waals surface area (Å²) in [6.07, 6.45) is 2.36. The van der Waals surface area contributed by atoms with Crippen molar-refractivity contribution in [1.29, 1.82) is 0 Å². The van der Waals surface area contributed by atoms with Crippen molar-refractivity contribution in [1.82, 2.24) is 4.90 Å². The van der Waals surface area contributed by atoms with Crippen LogP contribution < -0.4 is 5.73 Å². The molecule has 1 aromatic rings. The minimum absolute atomic E-state index is 0. The van der Waals surface area contributed by atoms with E-state index in [1.807, 2.05) is 23.1 Å². The molecule has 0 aliphatic carbocycles. The number of benzene rings is 1. The molecule has 0 aromatic heterocycles. The molecule has 2 N–H and O–H groups in total. The van der Waals surface area contributed by atoms with E-state index in [4.69, 9.17) is 5.73 Å². The zero-order valence-corrected chi connectivity index (χ0v) is 12.2. The normalized spacial score (nSPS) is 22.7. The fourth-order valence-corrected chi connectivity index (χ4v) is 2.44. The van der Waals surface area contributed by atoms with Crippen molar-refractivity contribution in [2.24, 2.45) is 11.7 Å². The third kappa shape index (κ3) is 4.51. The molecule has 1 fully saturated rings. The molecule has 106 valence electrons.